The maximum atomic E-state index is 13.5. The fourth-order valence-corrected chi connectivity index (χ4v) is 2.19. The van der Waals surface area contributed by atoms with Crippen molar-refractivity contribution in [2.24, 2.45) is 5.73 Å². The number of nitrogens with two attached hydrogens (primary N) is 1. The van der Waals surface area contributed by atoms with Crippen LogP contribution in [0.15, 0.2) is 24.3 Å². The molecule has 0 radical (unpaired) electrons. The summed E-state index contributed by atoms with van der Waals surface area (Å²) in [6.07, 6.45) is 0.618. The summed E-state index contributed by atoms with van der Waals surface area (Å²) in [7, 11) is 0. The van der Waals surface area contributed by atoms with Crippen molar-refractivity contribution in [3.8, 4) is 0 Å². The van der Waals surface area contributed by atoms with Crippen LogP contribution in [0.1, 0.15) is 18.4 Å². The van der Waals surface area contributed by atoms with Gasteiger partial charge >= 0.3 is 5.97 Å². The number of hydrogen-bond donors (Lipinski definition) is 2. The topological polar surface area (TPSA) is 63.3 Å². The summed E-state index contributed by atoms with van der Waals surface area (Å²) >= 11 is 0. The highest BCUT2D eigenvalue weighted by molar-refractivity contribution is 5.83. The van der Waals surface area contributed by atoms with E-state index in [2.05, 4.69) is 0 Å². The van der Waals surface area contributed by atoms with E-state index in [1.54, 1.807) is 12.1 Å². The number of aliphatic carboxylic acids is 1. The van der Waals surface area contributed by atoms with E-state index in [1.807, 2.05) is 0 Å². The molecule has 0 unspecified atom stereocenters. The second kappa shape index (κ2) is 3.31. The van der Waals surface area contributed by atoms with Gasteiger partial charge in [0.2, 0.25) is 0 Å². The van der Waals surface area contributed by atoms with Crippen molar-refractivity contribution in [1.29, 1.82) is 0 Å². The summed E-state index contributed by atoms with van der Waals surface area (Å²) in [5, 5.41) is 9.16. The molecule has 1 saturated carbocycles. The van der Waals surface area contributed by atoms with Gasteiger partial charge in [-0.1, -0.05) is 18.2 Å². The van der Waals surface area contributed by atoms with Crippen LogP contribution in [0.3, 0.4) is 0 Å². The third kappa shape index (κ3) is 1.41. The summed E-state index contributed by atoms with van der Waals surface area (Å²) in [5.74, 6) is -1.46. The Morgan fingerprint density at radius 2 is 2.07 bits per heavy atom. The summed E-state index contributed by atoms with van der Waals surface area (Å²) in [4.78, 5) is 11.2. The van der Waals surface area contributed by atoms with Crippen LogP contribution in [0.25, 0.3) is 0 Å². The van der Waals surface area contributed by atoms with E-state index >= 15 is 0 Å². The Labute approximate surface area is 86.7 Å². The molecule has 15 heavy (non-hydrogen) atoms. The molecule has 0 saturated heterocycles. The van der Waals surface area contributed by atoms with Crippen molar-refractivity contribution in [3.05, 3.63) is 35.6 Å². The van der Waals surface area contributed by atoms with Crippen LogP contribution in [0, 0.1) is 5.82 Å². The lowest BCUT2D eigenvalue weighted by Crippen LogP contribution is -2.54. The molecule has 3 nitrogen and oxygen atoms in total. The zero-order chi connectivity index (χ0) is 11.1. The molecular weight excluding hydrogens is 197 g/mol. The second-order valence-electron chi connectivity index (χ2n) is 4.04. The highest BCUT2D eigenvalue weighted by Crippen LogP contribution is 2.44. The average molecular weight is 209 g/mol. The van der Waals surface area contributed by atoms with Crippen LogP contribution in [-0.2, 0) is 10.2 Å². The van der Waals surface area contributed by atoms with Gasteiger partial charge in [0, 0.05) is 11.6 Å². The minimum Gasteiger partial charge on any atom is -0.481 e. The average Bonchev–Trinajstić information content (AvgIpc) is 2.13. The third-order valence-electron chi connectivity index (χ3n) is 3.02. The number of carboxylic acids is 1. The lowest BCUT2D eigenvalue weighted by molar-refractivity contribution is -0.148. The van der Waals surface area contributed by atoms with Crippen molar-refractivity contribution in [2.45, 2.75) is 24.3 Å². The number of benzene rings is 1. The highest BCUT2D eigenvalue weighted by atomic mass is 19.1. The number of carboxylic acid groups (broad SMARTS) is 1. The lowest BCUT2D eigenvalue weighted by atomic mass is 9.62. The highest BCUT2D eigenvalue weighted by Gasteiger charge is 2.51. The van der Waals surface area contributed by atoms with Gasteiger partial charge in [-0.05, 0) is 18.9 Å². The first kappa shape index (κ1) is 10.1. The number of carbonyl (C=O) groups is 1. The van der Waals surface area contributed by atoms with E-state index in [1.165, 1.54) is 12.1 Å². The monoisotopic (exact) mass is 209 g/mol. The normalized spacial score (nSPS) is 29.6. The van der Waals surface area contributed by atoms with Gasteiger partial charge in [-0.25, -0.2) is 4.39 Å². The molecule has 3 N–H and O–H groups in total. The standard InChI is InChI=1S/C11H12FNO2/c12-9-4-2-1-3-8(9)11(10(14)15)5-7(13)6-11/h1-4,7H,5-6,13H2,(H,14,15). The molecule has 4 heteroatoms. The molecular formula is C11H12FNO2. The number of rotatable bonds is 2. The quantitative estimate of drug-likeness (QED) is 0.771. The van der Waals surface area contributed by atoms with Crippen LogP contribution in [0.4, 0.5) is 4.39 Å². The molecule has 1 aromatic carbocycles. The minimum absolute atomic E-state index is 0.138. The van der Waals surface area contributed by atoms with Crippen molar-refractivity contribution in [1.82, 2.24) is 0 Å². The zero-order valence-corrected chi connectivity index (χ0v) is 8.11. The summed E-state index contributed by atoms with van der Waals surface area (Å²) < 4.78 is 13.5. The maximum absolute atomic E-state index is 13.5. The van der Waals surface area contributed by atoms with E-state index in [0.717, 1.165) is 0 Å². The van der Waals surface area contributed by atoms with Gasteiger partial charge in [0.15, 0.2) is 0 Å². The fourth-order valence-electron chi connectivity index (χ4n) is 2.19. The minimum atomic E-state index is -1.11. The molecule has 0 heterocycles. The van der Waals surface area contributed by atoms with Crippen molar-refractivity contribution in [3.63, 3.8) is 0 Å². The predicted molar refractivity (Wildman–Crippen MR) is 52.9 cm³/mol. The van der Waals surface area contributed by atoms with Crippen LogP contribution < -0.4 is 5.73 Å². The van der Waals surface area contributed by atoms with Crippen molar-refractivity contribution in [2.75, 3.05) is 0 Å². The zero-order valence-electron chi connectivity index (χ0n) is 8.11. The second-order valence-corrected chi connectivity index (χ2v) is 4.04. The Bertz CT molecular complexity index is 399. The first-order chi connectivity index (χ1) is 7.06. The third-order valence-corrected chi connectivity index (χ3v) is 3.02. The molecule has 0 bridgehead atoms. The molecule has 0 aliphatic heterocycles. The fraction of sp³-hybridized carbons (Fsp3) is 0.364. The Balaban J connectivity index is 2.43. The smallest absolute Gasteiger partial charge is 0.314 e. The first-order valence-electron chi connectivity index (χ1n) is 4.80. The molecule has 1 fully saturated rings. The molecule has 0 amide bonds. The van der Waals surface area contributed by atoms with Gasteiger partial charge in [-0.2, -0.15) is 0 Å². The van der Waals surface area contributed by atoms with Crippen LogP contribution >= 0.6 is 0 Å². The molecule has 2 rings (SSSR count). The molecule has 0 spiro atoms. The molecule has 0 aromatic heterocycles. The lowest BCUT2D eigenvalue weighted by Gasteiger charge is -2.43. The Kier molecular flexibility index (Phi) is 2.23. The van der Waals surface area contributed by atoms with Gasteiger partial charge in [0.05, 0.1) is 5.41 Å². The Hall–Kier alpha value is -1.42. The molecule has 1 aromatic rings. The predicted octanol–water partition coefficient (Wildman–Crippen LogP) is 1.27. The van der Waals surface area contributed by atoms with Gasteiger partial charge < -0.3 is 10.8 Å². The van der Waals surface area contributed by atoms with Gasteiger partial charge in [-0.15, -0.1) is 0 Å². The summed E-state index contributed by atoms with van der Waals surface area (Å²) in [5.41, 5.74) is 4.74. The SMILES string of the molecule is NC1CC(C(=O)O)(c2ccccc2F)C1. The van der Waals surface area contributed by atoms with Gasteiger partial charge in [-0.3, -0.25) is 4.79 Å². The molecule has 1 aliphatic carbocycles. The first-order valence-corrected chi connectivity index (χ1v) is 4.80. The van der Waals surface area contributed by atoms with Gasteiger partial charge in [0.25, 0.3) is 0 Å². The summed E-state index contributed by atoms with van der Waals surface area (Å²) in [6.45, 7) is 0. The molecule has 0 atom stereocenters. The van der Waals surface area contributed by atoms with E-state index in [4.69, 9.17) is 10.8 Å². The van der Waals surface area contributed by atoms with E-state index in [9.17, 15) is 9.18 Å². The van der Waals surface area contributed by atoms with Crippen molar-refractivity contribution < 1.29 is 14.3 Å². The molecule has 80 valence electrons. The van der Waals surface area contributed by atoms with Crippen molar-refractivity contribution >= 4 is 5.97 Å². The number of hydrogen-bond acceptors (Lipinski definition) is 2. The van der Waals surface area contributed by atoms with E-state index in [-0.39, 0.29) is 11.6 Å². The Morgan fingerprint density at radius 1 is 1.47 bits per heavy atom. The van der Waals surface area contributed by atoms with Crippen LogP contribution in [0.5, 0.6) is 0 Å². The van der Waals surface area contributed by atoms with Gasteiger partial charge in [0.1, 0.15) is 5.82 Å². The van der Waals surface area contributed by atoms with Crippen LogP contribution in [-0.4, -0.2) is 17.1 Å². The maximum Gasteiger partial charge on any atom is 0.314 e. The molecule has 1 aliphatic rings. The van der Waals surface area contributed by atoms with Crippen LogP contribution in [0.2, 0.25) is 0 Å². The largest absolute Gasteiger partial charge is 0.481 e. The summed E-state index contributed by atoms with van der Waals surface area (Å²) in [6, 6.07) is 5.86. The Morgan fingerprint density at radius 3 is 2.53 bits per heavy atom. The van der Waals surface area contributed by atoms with E-state index in [0.29, 0.717) is 12.8 Å². The van der Waals surface area contributed by atoms with E-state index < -0.39 is 17.2 Å². The number of halogens is 1.